The van der Waals surface area contributed by atoms with Gasteiger partial charge in [-0.3, -0.25) is 9.48 Å². The average Bonchev–Trinajstić information content (AvgIpc) is 3.28. The van der Waals surface area contributed by atoms with E-state index >= 15 is 0 Å². The summed E-state index contributed by atoms with van der Waals surface area (Å²) in [5.41, 5.74) is 0.957. The van der Waals surface area contributed by atoms with Gasteiger partial charge in [-0.2, -0.15) is 18.3 Å². The monoisotopic (exact) mass is 485 g/mol. The molecule has 0 bridgehead atoms. The number of alkyl halides is 3. The van der Waals surface area contributed by atoms with E-state index in [1.165, 1.54) is 12.1 Å². The summed E-state index contributed by atoms with van der Waals surface area (Å²) >= 11 is 0. The summed E-state index contributed by atoms with van der Waals surface area (Å²) in [5.74, 6) is -0.850. The van der Waals surface area contributed by atoms with Crippen LogP contribution in [-0.2, 0) is 23.9 Å². The maximum Gasteiger partial charge on any atom is 0.433 e. The zero-order valence-electron chi connectivity index (χ0n) is 18.3. The molecule has 8 nitrogen and oxygen atoms in total. The fourth-order valence-corrected chi connectivity index (χ4v) is 3.16. The number of rotatable bonds is 7. The number of halogens is 4. The molecular formula is C23H19F4N7O. The second-order valence-electron chi connectivity index (χ2n) is 7.47. The Balaban J connectivity index is 1.38. The Morgan fingerprint density at radius 3 is 2.34 bits per heavy atom. The van der Waals surface area contributed by atoms with Crippen molar-refractivity contribution in [2.45, 2.75) is 26.1 Å². The van der Waals surface area contributed by atoms with E-state index in [2.05, 4.69) is 30.7 Å². The third-order valence-electron chi connectivity index (χ3n) is 4.94. The van der Waals surface area contributed by atoms with Gasteiger partial charge in [-0.1, -0.05) is 12.1 Å². The smallest absolute Gasteiger partial charge is 0.324 e. The Morgan fingerprint density at radius 2 is 1.74 bits per heavy atom. The van der Waals surface area contributed by atoms with Crippen molar-refractivity contribution in [2.24, 2.45) is 0 Å². The highest BCUT2D eigenvalue weighted by Crippen LogP contribution is 2.28. The Hall–Kier alpha value is -4.35. The van der Waals surface area contributed by atoms with Gasteiger partial charge in [0.05, 0.1) is 30.2 Å². The lowest BCUT2D eigenvalue weighted by Crippen LogP contribution is -2.16. The molecule has 0 aliphatic rings. The standard InChI is InChI=1S/C23H19F4N7O/c1-2-34-13-18(12-31-34)33-22-29-9-16(10-30-22)14-3-4-15(19(24)7-14)8-21(35)32-17-5-6-20(28-11-17)23(25,26)27/h3-7,9-13H,2,8H2,1H3,(H,32,35)(H,29,30,33). The minimum atomic E-state index is -4.58. The molecule has 0 aliphatic heterocycles. The van der Waals surface area contributed by atoms with Gasteiger partial charge in [-0.25, -0.2) is 19.3 Å². The van der Waals surface area contributed by atoms with E-state index in [0.29, 0.717) is 17.1 Å². The zero-order valence-corrected chi connectivity index (χ0v) is 18.3. The summed E-state index contributed by atoms with van der Waals surface area (Å²) in [6.45, 7) is 2.70. The van der Waals surface area contributed by atoms with E-state index < -0.39 is 23.6 Å². The molecule has 0 radical (unpaired) electrons. The fraction of sp³-hybridized carbons (Fsp3) is 0.174. The van der Waals surface area contributed by atoms with E-state index in [4.69, 9.17) is 0 Å². The summed E-state index contributed by atoms with van der Waals surface area (Å²) < 4.78 is 54.1. The van der Waals surface area contributed by atoms with Gasteiger partial charge in [0.25, 0.3) is 0 Å². The van der Waals surface area contributed by atoms with Crippen molar-refractivity contribution in [1.82, 2.24) is 24.7 Å². The van der Waals surface area contributed by atoms with Crippen LogP contribution in [0.3, 0.4) is 0 Å². The first kappa shape index (κ1) is 23.8. The molecule has 180 valence electrons. The van der Waals surface area contributed by atoms with Crippen LogP contribution in [0.15, 0.2) is 61.3 Å². The van der Waals surface area contributed by atoms with E-state index in [1.807, 2.05) is 13.1 Å². The molecule has 0 fully saturated rings. The first-order chi connectivity index (χ1) is 16.7. The molecule has 0 saturated carbocycles. The van der Waals surface area contributed by atoms with E-state index in [9.17, 15) is 22.4 Å². The minimum absolute atomic E-state index is 0.0768. The number of anilines is 3. The number of hydrogen-bond donors (Lipinski definition) is 2. The van der Waals surface area contributed by atoms with Crippen molar-refractivity contribution in [1.29, 1.82) is 0 Å². The second-order valence-corrected chi connectivity index (χ2v) is 7.47. The summed E-state index contributed by atoms with van der Waals surface area (Å²) in [6.07, 6.45) is 2.56. The average molecular weight is 485 g/mol. The third-order valence-corrected chi connectivity index (χ3v) is 4.94. The molecule has 12 heteroatoms. The van der Waals surface area contributed by atoms with E-state index in [1.54, 1.807) is 29.3 Å². The lowest BCUT2D eigenvalue weighted by Gasteiger charge is -2.09. The quantitative estimate of drug-likeness (QED) is 0.364. The molecule has 0 saturated heterocycles. The lowest BCUT2D eigenvalue weighted by atomic mass is 10.0. The molecule has 2 N–H and O–H groups in total. The first-order valence-corrected chi connectivity index (χ1v) is 10.4. The number of aryl methyl sites for hydroxylation is 1. The van der Waals surface area contributed by atoms with Crippen LogP contribution in [0.4, 0.5) is 34.9 Å². The Bertz CT molecular complexity index is 1320. The minimum Gasteiger partial charge on any atom is -0.324 e. The highest BCUT2D eigenvalue weighted by atomic mass is 19.4. The van der Waals surface area contributed by atoms with Crippen LogP contribution in [-0.4, -0.2) is 30.6 Å². The van der Waals surface area contributed by atoms with E-state index in [0.717, 1.165) is 30.6 Å². The van der Waals surface area contributed by atoms with Gasteiger partial charge >= 0.3 is 6.18 Å². The molecule has 1 amide bonds. The Kier molecular flexibility index (Phi) is 6.71. The number of aromatic nitrogens is 5. The molecule has 4 aromatic rings. The van der Waals surface area contributed by atoms with Gasteiger partial charge in [0.2, 0.25) is 11.9 Å². The number of benzene rings is 1. The van der Waals surface area contributed by atoms with Crippen LogP contribution in [0.5, 0.6) is 0 Å². The molecule has 35 heavy (non-hydrogen) atoms. The maximum absolute atomic E-state index is 14.6. The zero-order chi connectivity index (χ0) is 25.0. The number of carbonyl (C=O) groups is 1. The molecule has 0 atom stereocenters. The van der Waals surface area contributed by atoms with Crippen molar-refractivity contribution in [3.05, 3.63) is 78.4 Å². The highest BCUT2D eigenvalue weighted by Gasteiger charge is 2.32. The summed E-state index contributed by atoms with van der Waals surface area (Å²) in [6, 6.07) is 6.19. The maximum atomic E-state index is 14.6. The second kappa shape index (κ2) is 9.87. The summed E-state index contributed by atoms with van der Waals surface area (Å²) in [4.78, 5) is 24.0. The third kappa shape index (κ3) is 5.96. The SMILES string of the molecule is CCn1cc(Nc2ncc(-c3ccc(CC(=O)Nc4ccc(C(F)(F)F)nc4)c(F)c3)cn2)cn1. The van der Waals surface area contributed by atoms with Gasteiger partial charge in [-0.15, -0.1) is 0 Å². The van der Waals surface area contributed by atoms with Crippen LogP contribution < -0.4 is 10.6 Å². The van der Waals surface area contributed by atoms with Crippen molar-refractivity contribution in [3.8, 4) is 11.1 Å². The molecular weight excluding hydrogens is 466 g/mol. The predicted octanol–water partition coefficient (Wildman–Crippen LogP) is 4.84. The molecule has 4 rings (SSSR count). The first-order valence-electron chi connectivity index (χ1n) is 10.4. The van der Waals surface area contributed by atoms with Gasteiger partial charge < -0.3 is 10.6 Å². The lowest BCUT2D eigenvalue weighted by molar-refractivity contribution is -0.141. The number of carbonyl (C=O) groups excluding carboxylic acids is 1. The molecule has 3 heterocycles. The number of nitrogens with zero attached hydrogens (tertiary/aromatic N) is 5. The molecule has 3 aromatic heterocycles. The van der Waals surface area contributed by atoms with Gasteiger partial charge in [0.15, 0.2) is 0 Å². The van der Waals surface area contributed by atoms with Crippen LogP contribution >= 0.6 is 0 Å². The summed E-state index contributed by atoms with van der Waals surface area (Å²) in [5, 5.41) is 9.59. The van der Waals surface area contributed by atoms with Crippen LogP contribution in [0, 0.1) is 5.82 Å². The van der Waals surface area contributed by atoms with Crippen molar-refractivity contribution in [2.75, 3.05) is 10.6 Å². The Morgan fingerprint density at radius 1 is 0.971 bits per heavy atom. The van der Waals surface area contributed by atoms with Crippen LogP contribution in [0.2, 0.25) is 0 Å². The van der Waals surface area contributed by atoms with Gasteiger partial charge in [0.1, 0.15) is 11.5 Å². The topological polar surface area (TPSA) is 97.6 Å². The van der Waals surface area contributed by atoms with Crippen molar-refractivity contribution in [3.63, 3.8) is 0 Å². The number of hydrogen-bond acceptors (Lipinski definition) is 6. The number of nitrogens with one attached hydrogen (secondary N) is 2. The Labute approximate surface area is 197 Å². The largest absolute Gasteiger partial charge is 0.433 e. The molecule has 1 aromatic carbocycles. The van der Waals surface area contributed by atoms with E-state index in [-0.39, 0.29) is 17.7 Å². The summed E-state index contributed by atoms with van der Waals surface area (Å²) in [7, 11) is 0. The highest BCUT2D eigenvalue weighted by molar-refractivity contribution is 5.92. The molecule has 0 spiro atoms. The van der Waals surface area contributed by atoms with Gasteiger partial charge in [-0.05, 0) is 36.2 Å². The number of pyridine rings is 1. The normalized spacial score (nSPS) is 11.3. The van der Waals surface area contributed by atoms with Crippen LogP contribution in [0.1, 0.15) is 18.2 Å². The predicted molar refractivity (Wildman–Crippen MR) is 120 cm³/mol. The number of amides is 1. The van der Waals surface area contributed by atoms with Gasteiger partial charge in [0, 0.05) is 30.7 Å². The fourth-order valence-electron chi connectivity index (χ4n) is 3.16. The van der Waals surface area contributed by atoms with Crippen molar-refractivity contribution < 1.29 is 22.4 Å². The molecule has 0 aliphatic carbocycles. The van der Waals surface area contributed by atoms with Crippen LogP contribution in [0.25, 0.3) is 11.1 Å². The molecule has 0 unspecified atom stereocenters. The van der Waals surface area contributed by atoms with Crippen molar-refractivity contribution >= 4 is 23.2 Å².